The minimum atomic E-state index is 1.09. The van der Waals surface area contributed by atoms with Crippen LogP contribution in [0.15, 0.2) is 249 Å². The van der Waals surface area contributed by atoms with E-state index < -0.39 is 0 Å². The zero-order valence-corrected chi connectivity index (χ0v) is 35.8. The number of anilines is 3. The molecule has 1 nitrogen and oxygen atoms in total. The first-order valence-corrected chi connectivity index (χ1v) is 22.7. The van der Waals surface area contributed by atoms with Crippen molar-refractivity contribution in [1.82, 2.24) is 0 Å². The van der Waals surface area contributed by atoms with Crippen molar-refractivity contribution in [1.29, 1.82) is 0 Å². The summed E-state index contributed by atoms with van der Waals surface area (Å²) < 4.78 is 2.61. The molecular weight excluding hydrogens is 791 g/mol. The van der Waals surface area contributed by atoms with Crippen LogP contribution in [-0.2, 0) is 0 Å². The first kappa shape index (κ1) is 37.7. The first-order valence-electron chi connectivity index (χ1n) is 21.9. The first-order chi connectivity index (χ1) is 31.7. The Morgan fingerprint density at radius 2 is 0.797 bits per heavy atom. The molecule has 300 valence electrons. The highest BCUT2D eigenvalue weighted by molar-refractivity contribution is 7.25. The highest BCUT2D eigenvalue weighted by atomic mass is 32.1. The van der Waals surface area contributed by atoms with Gasteiger partial charge in [-0.15, -0.1) is 11.3 Å². The lowest BCUT2D eigenvalue weighted by molar-refractivity contribution is 1.28. The summed E-state index contributed by atoms with van der Waals surface area (Å²) in [5.41, 5.74) is 15.3. The average molecular weight is 832 g/mol. The Hall–Kier alpha value is -8.04. The van der Waals surface area contributed by atoms with Gasteiger partial charge in [-0.3, -0.25) is 0 Å². The van der Waals surface area contributed by atoms with E-state index in [0.29, 0.717) is 0 Å². The van der Waals surface area contributed by atoms with E-state index in [9.17, 15) is 0 Å². The van der Waals surface area contributed by atoms with Crippen molar-refractivity contribution in [2.45, 2.75) is 0 Å². The molecule has 0 aliphatic carbocycles. The smallest absolute Gasteiger partial charge is 0.0540 e. The van der Waals surface area contributed by atoms with Gasteiger partial charge in [0.15, 0.2) is 0 Å². The maximum atomic E-state index is 2.43. The second-order valence-corrected chi connectivity index (χ2v) is 17.6. The fraction of sp³-hybridized carbons (Fsp3) is 0. The maximum absolute atomic E-state index is 2.43. The van der Waals surface area contributed by atoms with Crippen LogP contribution in [0.5, 0.6) is 0 Å². The minimum Gasteiger partial charge on any atom is -0.310 e. The molecule has 64 heavy (non-hydrogen) atoms. The SMILES string of the molecule is c1cc(-c2cccc(N(c3ccc(-c4ccc(-c5cccc6ccccc56)cc4)cc3)c3ccccc3-c3ccc4c(c3)sc3ccccc34)c2)cc(-c2ccc3ccccc3c2)c1. The standard InChI is InChI=1S/C62H41NS/c1-2-14-47-38-51(31-28-42(47)12-1)49-17-9-16-48(39-49)50-18-10-19-54(40-50)63(60-24-7-5-21-57(60)52-34-37-59-58-22-6-8-25-61(58)64-62(59)41-52)53-35-32-44(33-36-53)43-26-29-46(30-27-43)56-23-11-15-45-13-3-4-20-55(45)56/h1-41H. The summed E-state index contributed by atoms with van der Waals surface area (Å²) in [6, 6.07) is 91.0. The number of para-hydroxylation sites is 1. The number of rotatable bonds is 8. The van der Waals surface area contributed by atoms with Gasteiger partial charge in [-0.1, -0.05) is 194 Å². The molecule has 0 amide bonds. The molecule has 1 heterocycles. The number of thiophene rings is 1. The third kappa shape index (κ3) is 6.91. The van der Waals surface area contributed by atoms with E-state index >= 15 is 0 Å². The number of hydrogen-bond donors (Lipinski definition) is 0. The van der Waals surface area contributed by atoms with Gasteiger partial charge in [0.2, 0.25) is 0 Å². The van der Waals surface area contributed by atoms with Gasteiger partial charge < -0.3 is 4.90 Å². The van der Waals surface area contributed by atoms with Crippen LogP contribution in [0.4, 0.5) is 17.1 Å². The summed E-state index contributed by atoms with van der Waals surface area (Å²) in [7, 11) is 0. The molecule has 0 aliphatic heterocycles. The molecule has 12 aromatic rings. The summed E-state index contributed by atoms with van der Waals surface area (Å²) >= 11 is 1.86. The van der Waals surface area contributed by atoms with E-state index in [0.717, 1.165) is 22.6 Å². The highest BCUT2D eigenvalue weighted by Crippen LogP contribution is 2.44. The summed E-state index contributed by atoms with van der Waals surface area (Å²) in [5.74, 6) is 0. The monoisotopic (exact) mass is 831 g/mol. The molecular formula is C62H41NS. The van der Waals surface area contributed by atoms with Crippen molar-refractivity contribution in [2.75, 3.05) is 4.90 Å². The Bertz CT molecular complexity index is 3670. The molecule has 0 atom stereocenters. The van der Waals surface area contributed by atoms with Crippen LogP contribution in [0.3, 0.4) is 0 Å². The summed E-state index contributed by atoms with van der Waals surface area (Å²) in [6.07, 6.45) is 0. The maximum Gasteiger partial charge on any atom is 0.0540 e. The number of hydrogen-bond acceptors (Lipinski definition) is 2. The Kier molecular flexibility index (Phi) is 9.43. The van der Waals surface area contributed by atoms with E-state index in [1.807, 2.05) is 11.3 Å². The van der Waals surface area contributed by atoms with Crippen LogP contribution >= 0.6 is 11.3 Å². The lowest BCUT2D eigenvalue weighted by atomic mass is 9.96. The van der Waals surface area contributed by atoms with Crippen LogP contribution in [-0.4, -0.2) is 0 Å². The van der Waals surface area contributed by atoms with Gasteiger partial charge in [0.05, 0.1) is 5.69 Å². The van der Waals surface area contributed by atoms with Gasteiger partial charge in [-0.25, -0.2) is 0 Å². The van der Waals surface area contributed by atoms with E-state index in [1.54, 1.807) is 0 Å². The third-order valence-electron chi connectivity index (χ3n) is 12.7. The molecule has 2 heteroatoms. The van der Waals surface area contributed by atoms with Crippen LogP contribution < -0.4 is 4.90 Å². The van der Waals surface area contributed by atoms with Crippen molar-refractivity contribution in [2.24, 2.45) is 0 Å². The second-order valence-electron chi connectivity index (χ2n) is 16.5. The van der Waals surface area contributed by atoms with Gasteiger partial charge in [-0.05, 0) is 126 Å². The molecule has 0 fully saturated rings. The zero-order chi connectivity index (χ0) is 42.4. The van der Waals surface area contributed by atoms with Crippen molar-refractivity contribution < 1.29 is 0 Å². The largest absolute Gasteiger partial charge is 0.310 e. The van der Waals surface area contributed by atoms with E-state index in [2.05, 4.69) is 254 Å². The molecule has 0 saturated heterocycles. The Balaban J connectivity index is 0.947. The van der Waals surface area contributed by atoms with Crippen molar-refractivity contribution in [3.63, 3.8) is 0 Å². The predicted octanol–water partition coefficient (Wildman–Crippen LogP) is 18.2. The molecule has 1 aromatic heterocycles. The van der Waals surface area contributed by atoms with Crippen molar-refractivity contribution in [3.8, 4) is 55.6 Å². The Morgan fingerprint density at radius 1 is 0.250 bits per heavy atom. The Labute approximate surface area is 377 Å². The molecule has 0 bridgehead atoms. The van der Waals surface area contributed by atoms with Crippen molar-refractivity contribution in [3.05, 3.63) is 249 Å². The topological polar surface area (TPSA) is 3.24 Å². The highest BCUT2D eigenvalue weighted by Gasteiger charge is 2.19. The van der Waals surface area contributed by atoms with E-state index in [4.69, 9.17) is 0 Å². The molecule has 0 unspecified atom stereocenters. The molecule has 12 rings (SSSR count). The molecule has 0 spiro atoms. The summed E-state index contributed by atoms with van der Waals surface area (Å²) in [6.45, 7) is 0. The molecule has 0 N–H and O–H groups in total. The van der Waals surface area contributed by atoms with Gasteiger partial charge in [-0.2, -0.15) is 0 Å². The molecule has 0 radical (unpaired) electrons. The fourth-order valence-electron chi connectivity index (χ4n) is 9.43. The third-order valence-corrected chi connectivity index (χ3v) is 13.8. The molecule has 11 aromatic carbocycles. The predicted molar refractivity (Wildman–Crippen MR) is 276 cm³/mol. The van der Waals surface area contributed by atoms with Crippen LogP contribution in [0.1, 0.15) is 0 Å². The average Bonchev–Trinajstić information content (AvgIpc) is 3.75. The Morgan fingerprint density at radius 3 is 1.62 bits per heavy atom. The van der Waals surface area contributed by atoms with Crippen LogP contribution in [0.25, 0.3) is 97.4 Å². The van der Waals surface area contributed by atoms with Gasteiger partial charge in [0.25, 0.3) is 0 Å². The van der Waals surface area contributed by atoms with Gasteiger partial charge >= 0.3 is 0 Å². The van der Waals surface area contributed by atoms with Crippen LogP contribution in [0, 0.1) is 0 Å². The molecule has 0 aliphatic rings. The second kappa shape index (κ2) is 16.0. The van der Waals surface area contributed by atoms with Crippen molar-refractivity contribution >= 4 is 70.1 Å². The lowest BCUT2D eigenvalue weighted by Gasteiger charge is -2.28. The lowest BCUT2D eigenvalue weighted by Crippen LogP contribution is -2.11. The number of nitrogens with zero attached hydrogens (tertiary/aromatic N) is 1. The number of benzene rings is 11. The normalized spacial score (nSPS) is 11.4. The van der Waals surface area contributed by atoms with Crippen LogP contribution in [0.2, 0.25) is 0 Å². The quantitative estimate of drug-likeness (QED) is 0.147. The summed E-state index contributed by atoms with van der Waals surface area (Å²) in [4.78, 5) is 2.43. The summed E-state index contributed by atoms with van der Waals surface area (Å²) in [5, 5.41) is 7.64. The minimum absolute atomic E-state index is 1.09. The number of fused-ring (bicyclic) bond motifs is 5. The molecule has 0 saturated carbocycles. The van der Waals surface area contributed by atoms with Gasteiger partial charge in [0, 0.05) is 37.1 Å². The van der Waals surface area contributed by atoms with E-state index in [-0.39, 0.29) is 0 Å². The fourth-order valence-corrected chi connectivity index (χ4v) is 10.6. The van der Waals surface area contributed by atoms with Gasteiger partial charge in [0.1, 0.15) is 0 Å². The zero-order valence-electron chi connectivity index (χ0n) is 35.0. The van der Waals surface area contributed by atoms with E-state index in [1.165, 1.54) is 91.8 Å².